The fourth-order valence-electron chi connectivity index (χ4n) is 2.52. The number of rotatable bonds is 13. The minimum absolute atomic E-state index is 0.0694. The first-order valence-electron chi connectivity index (χ1n) is 12.9. The second-order valence-electron chi connectivity index (χ2n) is 8.11. The van der Waals surface area contributed by atoms with Gasteiger partial charge in [0.25, 0.3) is 0 Å². The molecule has 0 fully saturated rings. The first kappa shape index (κ1) is 39.8. The molecule has 0 unspecified atom stereocenters. The van der Waals surface area contributed by atoms with Crippen LogP contribution in [-0.2, 0) is 9.47 Å². The lowest BCUT2D eigenvalue weighted by molar-refractivity contribution is 0.0450. The molecule has 0 radical (unpaired) electrons. The number of hydrogen-bond donors (Lipinski definition) is 8. The number of unbranched alkanes of at least 4 members (excludes halogenated alkanes) is 1. The van der Waals surface area contributed by atoms with E-state index in [1.807, 2.05) is 6.92 Å². The van der Waals surface area contributed by atoms with E-state index in [2.05, 4.69) is 4.74 Å². The summed E-state index contributed by atoms with van der Waals surface area (Å²) in [5.74, 6) is -0.448. The Labute approximate surface area is 240 Å². The van der Waals surface area contributed by atoms with Gasteiger partial charge in [-0.15, -0.1) is 0 Å². The first-order valence-corrected chi connectivity index (χ1v) is 12.9. The van der Waals surface area contributed by atoms with Crippen molar-refractivity contribution >= 4 is 11.9 Å². The summed E-state index contributed by atoms with van der Waals surface area (Å²) in [5, 5.41) is 67.3. The second-order valence-corrected chi connectivity index (χ2v) is 8.11. The molecule has 0 bridgehead atoms. The number of benzene rings is 2. The topological polar surface area (TPSA) is 218 Å². The van der Waals surface area contributed by atoms with Crippen LogP contribution in [0.25, 0.3) is 0 Å². The van der Waals surface area contributed by atoms with Gasteiger partial charge in [0.15, 0.2) is 0 Å². The van der Waals surface area contributed by atoms with Crippen molar-refractivity contribution in [3.05, 3.63) is 59.7 Å². The summed E-state index contributed by atoms with van der Waals surface area (Å²) in [5.41, 5.74) is 0.907. The van der Waals surface area contributed by atoms with Crippen LogP contribution in [0.2, 0.25) is 0 Å². The molecule has 41 heavy (non-hydrogen) atoms. The SMILES string of the molecule is CCCCOC(=O)c1ccc(O)cc1.COC(=O)c1ccc(O)cc1.OCC(O)CO.OCCN(CCO)CCO. The summed E-state index contributed by atoms with van der Waals surface area (Å²) in [7, 11) is 1.31. The van der Waals surface area contributed by atoms with Gasteiger partial charge in [0.05, 0.1) is 57.9 Å². The van der Waals surface area contributed by atoms with Crippen molar-refractivity contribution in [1.82, 2.24) is 4.90 Å². The van der Waals surface area contributed by atoms with Crippen LogP contribution in [0.15, 0.2) is 48.5 Å². The molecule has 0 spiro atoms. The Morgan fingerprint density at radius 3 is 1.41 bits per heavy atom. The number of carbonyl (C=O) groups is 2. The van der Waals surface area contributed by atoms with Crippen LogP contribution in [-0.4, -0.2) is 130 Å². The molecule has 13 nitrogen and oxygen atoms in total. The van der Waals surface area contributed by atoms with Gasteiger partial charge in [-0.2, -0.15) is 0 Å². The molecule has 8 N–H and O–H groups in total. The molecule has 234 valence electrons. The van der Waals surface area contributed by atoms with Crippen molar-refractivity contribution in [2.75, 3.05) is 66.4 Å². The number of aromatic hydroxyl groups is 2. The molecule has 13 heteroatoms. The third-order valence-corrected chi connectivity index (χ3v) is 4.79. The molecule has 0 aromatic heterocycles. The Kier molecular flexibility index (Phi) is 26.1. The van der Waals surface area contributed by atoms with E-state index in [9.17, 15) is 9.59 Å². The molecule has 0 aliphatic heterocycles. The summed E-state index contributed by atoms with van der Waals surface area (Å²) < 4.78 is 9.44. The first-order chi connectivity index (χ1) is 19.6. The molecule has 0 saturated heterocycles. The number of ether oxygens (including phenoxy) is 2. The standard InChI is InChI=1S/C11H14O3.C8H8O3.C6H15NO3.C3H8O3/c1-2-3-8-14-11(13)9-4-6-10(12)7-5-9;1-11-8(10)6-2-4-7(9)5-3-6;8-4-1-7(2-5-9)3-6-10;4-1-3(6)2-5/h4-7,12H,2-3,8H2,1H3;2-5,9H,1H3;8-10H,1-6H2;3-6H,1-2H2. The van der Waals surface area contributed by atoms with Gasteiger partial charge in [-0.3, -0.25) is 4.90 Å². The number of phenols is 2. The van der Waals surface area contributed by atoms with Crippen LogP contribution in [0.1, 0.15) is 40.5 Å². The summed E-state index contributed by atoms with van der Waals surface area (Å²) in [4.78, 5) is 23.9. The van der Waals surface area contributed by atoms with E-state index >= 15 is 0 Å². The maximum absolute atomic E-state index is 11.3. The fraction of sp³-hybridized carbons (Fsp3) is 0.500. The Morgan fingerprint density at radius 2 is 1.12 bits per heavy atom. The van der Waals surface area contributed by atoms with E-state index in [0.717, 1.165) is 12.8 Å². The zero-order valence-electron chi connectivity index (χ0n) is 23.6. The van der Waals surface area contributed by atoms with Crippen LogP contribution >= 0.6 is 0 Å². The molecular weight excluding hydrogens is 542 g/mol. The van der Waals surface area contributed by atoms with E-state index < -0.39 is 12.1 Å². The van der Waals surface area contributed by atoms with Gasteiger partial charge < -0.3 is 50.3 Å². The maximum Gasteiger partial charge on any atom is 0.338 e. The number of aliphatic hydroxyl groups excluding tert-OH is 6. The largest absolute Gasteiger partial charge is 0.508 e. The van der Waals surface area contributed by atoms with Gasteiger partial charge in [0.2, 0.25) is 0 Å². The predicted octanol–water partition coefficient (Wildman–Crippen LogP) is 0.125. The van der Waals surface area contributed by atoms with Crippen LogP contribution < -0.4 is 0 Å². The molecule has 2 aromatic rings. The molecule has 0 atom stereocenters. The highest BCUT2D eigenvalue weighted by molar-refractivity contribution is 5.89. The summed E-state index contributed by atoms with van der Waals surface area (Å²) in [6.45, 7) is 3.51. The molecule has 0 aliphatic carbocycles. The molecule has 0 heterocycles. The quantitative estimate of drug-likeness (QED) is 0.116. The Morgan fingerprint density at radius 1 is 0.732 bits per heavy atom. The normalized spacial score (nSPS) is 9.90. The number of methoxy groups -OCH3 is 1. The molecular formula is C28H45NO12. The van der Waals surface area contributed by atoms with Crippen molar-refractivity contribution in [3.63, 3.8) is 0 Å². The van der Waals surface area contributed by atoms with Gasteiger partial charge in [-0.1, -0.05) is 13.3 Å². The summed E-state index contributed by atoms with van der Waals surface area (Å²) >= 11 is 0. The highest BCUT2D eigenvalue weighted by atomic mass is 16.5. The molecule has 2 rings (SSSR count). The zero-order chi connectivity index (χ0) is 31.5. The van der Waals surface area contributed by atoms with Crippen LogP contribution in [0.4, 0.5) is 0 Å². The van der Waals surface area contributed by atoms with Crippen LogP contribution in [0.5, 0.6) is 11.5 Å². The Balaban J connectivity index is 0. The number of carbonyl (C=O) groups excluding carboxylic acids is 2. The lowest BCUT2D eigenvalue weighted by Gasteiger charge is -2.17. The van der Waals surface area contributed by atoms with Crippen LogP contribution in [0, 0.1) is 0 Å². The van der Waals surface area contributed by atoms with Crippen molar-refractivity contribution in [2.24, 2.45) is 0 Å². The smallest absolute Gasteiger partial charge is 0.338 e. The molecule has 0 saturated carbocycles. The average Bonchev–Trinajstić information content (AvgIpc) is 2.98. The number of esters is 2. The predicted molar refractivity (Wildman–Crippen MR) is 151 cm³/mol. The van der Waals surface area contributed by atoms with E-state index in [1.165, 1.54) is 43.5 Å². The van der Waals surface area contributed by atoms with Crippen molar-refractivity contribution < 1.29 is 59.9 Å². The Bertz CT molecular complexity index is 876. The lowest BCUT2D eigenvalue weighted by atomic mass is 10.2. The number of aliphatic hydroxyl groups is 6. The molecule has 0 amide bonds. The minimum Gasteiger partial charge on any atom is -0.508 e. The van der Waals surface area contributed by atoms with Crippen LogP contribution in [0.3, 0.4) is 0 Å². The fourth-order valence-corrected chi connectivity index (χ4v) is 2.52. The molecule has 2 aromatic carbocycles. The van der Waals surface area contributed by atoms with Gasteiger partial charge in [0.1, 0.15) is 17.6 Å². The van der Waals surface area contributed by atoms with E-state index in [1.54, 1.807) is 17.0 Å². The van der Waals surface area contributed by atoms with Crippen molar-refractivity contribution in [3.8, 4) is 11.5 Å². The third-order valence-electron chi connectivity index (χ3n) is 4.79. The lowest BCUT2D eigenvalue weighted by Crippen LogP contribution is -2.32. The second kappa shape index (κ2) is 26.9. The maximum atomic E-state index is 11.3. The van der Waals surface area contributed by atoms with E-state index in [0.29, 0.717) is 37.4 Å². The zero-order valence-corrected chi connectivity index (χ0v) is 23.6. The van der Waals surface area contributed by atoms with Gasteiger partial charge in [-0.25, -0.2) is 9.59 Å². The third kappa shape index (κ3) is 22.1. The highest BCUT2D eigenvalue weighted by Crippen LogP contribution is 2.11. The average molecular weight is 588 g/mol. The Hall–Kier alpha value is -3.30. The monoisotopic (exact) mass is 587 g/mol. The summed E-state index contributed by atoms with van der Waals surface area (Å²) in [6.07, 6.45) is 0.928. The van der Waals surface area contributed by atoms with Crippen molar-refractivity contribution in [2.45, 2.75) is 25.9 Å². The van der Waals surface area contributed by atoms with E-state index in [-0.39, 0.29) is 50.5 Å². The molecule has 0 aliphatic rings. The van der Waals surface area contributed by atoms with Gasteiger partial charge >= 0.3 is 11.9 Å². The van der Waals surface area contributed by atoms with E-state index in [4.69, 9.17) is 45.6 Å². The van der Waals surface area contributed by atoms with Gasteiger partial charge in [0, 0.05) is 19.6 Å². The highest BCUT2D eigenvalue weighted by Gasteiger charge is 2.06. The number of nitrogens with zero attached hydrogens (tertiary/aromatic N) is 1. The number of phenolic OH excluding ortho intramolecular Hbond substituents is 2. The summed E-state index contributed by atoms with van der Waals surface area (Å²) in [6, 6.07) is 11.9. The van der Waals surface area contributed by atoms with Gasteiger partial charge in [-0.05, 0) is 55.0 Å². The van der Waals surface area contributed by atoms with Crippen molar-refractivity contribution in [1.29, 1.82) is 0 Å². The number of hydrogen-bond acceptors (Lipinski definition) is 13. The minimum atomic E-state index is -0.954.